The zero-order valence-corrected chi connectivity index (χ0v) is 12.9. The minimum atomic E-state index is -3.61. The first-order valence-electron chi connectivity index (χ1n) is 7.25. The molecule has 1 rings (SSSR count). The van der Waals surface area contributed by atoms with Crippen LogP contribution in [0.3, 0.4) is 0 Å². The summed E-state index contributed by atoms with van der Waals surface area (Å²) in [6.07, 6.45) is 7.39. The van der Waals surface area contributed by atoms with E-state index in [1.165, 1.54) is 31.4 Å². The Morgan fingerprint density at radius 3 is 2.25 bits per heavy atom. The van der Waals surface area contributed by atoms with E-state index in [-0.39, 0.29) is 17.3 Å². The predicted octanol–water partition coefficient (Wildman–Crippen LogP) is 3.85. The first-order valence-corrected chi connectivity index (χ1v) is 8.83. The van der Waals surface area contributed by atoms with Crippen LogP contribution in [-0.4, -0.2) is 19.3 Å². The van der Waals surface area contributed by atoms with Gasteiger partial charge in [-0.1, -0.05) is 57.6 Å². The van der Waals surface area contributed by atoms with E-state index in [2.05, 4.69) is 6.92 Å². The molecule has 1 aromatic carbocycles. The normalized spacial score (nSPS) is 11.4. The van der Waals surface area contributed by atoms with Crippen LogP contribution in [0.5, 0.6) is 11.5 Å². The van der Waals surface area contributed by atoms with Crippen molar-refractivity contribution >= 4 is 10.1 Å². The highest BCUT2D eigenvalue weighted by atomic mass is 32.2. The fourth-order valence-corrected chi connectivity index (χ4v) is 3.00. The summed E-state index contributed by atoms with van der Waals surface area (Å²) in [6, 6.07) is 6.08. The van der Waals surface area contributed by atoms with E-state index in [4.69, 9.17) is 4.18 Å². The third-order valence-electron chi connectivity index (χ3n) is 3.08. The Balaban J connectivity index is 2.27. The monoisotopic (exact) mass is 300 g/mol. The van der Waals surface area contributed by atoms with Gasteiger partial charge in [0.25, 0.3) is 0 Å². The molecule has 0 saturated carbocycles. The Hall–Kier alpha value is -1.23. The summed E-state index contributed by atoms with van der Waals surface area (Å²) >= 11 is 0. The van der Waals surface area contributed by atoms with E-state index in [0.29, 0.717) is 6.42 Å². The van der Waals surface area contributed by atoms with Crippen LogP contribution in [-0.2, 0) is 10.1 Å². The highest BCUT2D eigenvalue weighted by molar-refractivity contribution is 7.87. The number of aromatic hydroxyl groups is 1. The maximum Gasteiger partial charge on any atom is 0.309 e. The predicted molar refractivity (Wildman–Crippen MR) is 80.5 cm³/mol. The van der Waals surface area contributed by atoms with E-state index in [1.807, 2.05) is 0 Å². The number of benzene rings is 1. The molecule has 1 aromatic rings. The average Bonchev–Trinajstić information content (AvgIpc) is 2.40. The standard InChI is InChI=1S/C15H24O4S/c1-2-3-4-5-6-7-10-13-20(17,18)19-15-12-9-8-11-14(15)16/h8-9,11-12,16H,2-7,10,13H2,1H3. The van der Waals surface area contributed by atoms with Gasteiger partial charge >= 0.3 is 10.1 Å². The molecule has 1 N–H and O–H groups in total. The lowest BCUT2D eigenvalue weighted by atomic mass is 10.1. The van der Waals surface area contributed by atoms with Crippen molar-refractivity contribution in [2.75, 3.05) is 5.75 Å². The smallest absolute Gasteiger partial charge is 0.309 e. The summed E-state index contributed by atoms with van der Waals surface area (Å²) in [4.78, 5) is 0. The molecule has 0 aromatic heterocycles. The van der Waals surface area contributed by atoms with Crippen molar-refractivity contribution in [2.45, 2.75) is 51.9 Å². The first-order chi connectivity index (χ1) is 9.55. The van der Waals surface area contributed by atoms with Gasteiger partial charge in [-0.05, 0) is 18.6 Å². The van der Waals surface area contributed by atoms with Crippen LogP contribution in [0.15, 0.2) is 24.3 Å². The lowest BCUT2D eigenvalue weighted by Crippen LogP contribution is -2.13. The molecule has 0 unspecified atom stereocenters. The van der Waals surface area contributed by atoms with E-state index >= 15 is 0 Å². The molecule has 0 aliphatic rings. The molecular formula is C15H24O4S. The van der Waals surface area contributed by atoms with Gasteiger partial charge in [-0.3, -0.25) is 0 Å². The second-order valence-electron chi connectivity index (χ2n) is 4.93. The van der Waals surface area contributed by atoms with Crippen LogP contribution in [0.4, 0.5) is 0 Å². The van der Waals surface area contributed by atoms with Gasteiger partial charge in [0, 0.05) is 0 Å². The fourth-order valence-electron chi connectivity index (χ4n) is 1.94. The molecular weight excluding hydrogens is 276 g/mol. The largest absolute Gasteiger partial charge is 0.504 e. The van der Waals surface area contributed by atoms with Crippen molar-refractivity contribution in [3.63, 3.8) is 0 Å². The van der Waals surface area contributed by atoms with Crippen LogP contribution < -0.4 is 4.18 Å². The number of rotatable bonds is 10. The number of unbranched alkanes of at least 4 members (excludes halogenated alkanes) is 6. The molecule has 20 heavy (non-hydrogen) atoms. The first kappa shape index (κ1) is 16.8. The summed E-state index contributed by atoms with van der Waals surface area (Å²) in [5, 5.41) is 9.48. The van der Waals surface area contributed by atoms with E-state index in [9.17, 15) is 13.5 Å². The molecule has 0 atom stereocenters. The quantitative estimate of drug-likeness (QED) is 0.526. The summed E-state index contributed by atoms with van der Waals surface area (Å²) in [5.41, 5.74) is 0. The summed E-state index contributed by atoms with van der Waals surface area (Å²) in [7, 11) is -3.61. The molecule has 0 saturated heterocycles. The van der Waals surface area contributed by atoms with Crippen molar-refractivity contribution in [3.8, 4) is 11.5 Å². The van der Waals surface area contributed by atoms with Gasteiger partial charge in [-0.25, -0.2) is 0 Å². The number of hydrogen-bond acceptors (Lipinski definition) is 4. The van der Waals surface area contributed by atoms with Crippen molar-refractivity contribution in [1.82, 2.24) is 0 Å². The molecule has 5 heteroatoms. The Kier molecular flexibility index (Phi) is 7.44. The van der Waals surface area contributed by atoms with Gasteiger partial charge in [0.1, 0.15) is 0 Å². The van der Waals surface area contributed by atoms with Crippen molar-refractivity contribution in [3.05, 3.63) is 24.3 Å². The van der Waals surface area contributed by atoms with Crippen LogP contribution in [0, 0.1) is 0 Å². The van der Waals surface area contributed by atoms with Gasteiger partial charge in [0.2, 0.25) is 0 Å². The molecule has 0 spiro atoms. The zero-order chi connectivity index (χ0) is 14.8. The third-order valence-corrected chi connectivity index (χ3v) is 4.30. The molecule has 4 nitrogen and oxygen atoms in total. The van der Waals surface area contributed by atoms with Gasteiger partial charge in [-0.2, -0.15) is 8.42 Å². The number of hydrogen-bond donors (Lipinski definition) is 1. The molecule has 0 aliphatic carbocycles. The third kappa shape index (κ3) is 6.80. The van der Waals surface area contributed by atoms with Gasteiger partial charge in [0.05, 0.1) is 5.75 Å². The molecule has 0 aliphatic heterocycles. The van der Waals surface area contributed by atoms with Crippen molar-refractivity contribution in [1.29, 1.82) is 0 Å². The van der Waals surface area contributed by atoms with E-state index in [0.717, 1.165) is 19.3 Å². The molecule has 0 heterocycles. The Morgan fingerprint density at radius 2 is 1.60 bits per heavy atom. The minimum Gasteiger partial charge on any atom is -0.504 e. The highest BCUT2D eigenvalue weighted by Crippen LogP contribution is 2.26. The topological polar surface area (TPSA) is 63.6 Å². The minimum absolute atomic E-state index is 0.00422. The number of phenols is 1. The maximum absolute atomic E-state index is 11.8. The van der Waals surface area contributed by atoms with Crippen LogP contribution in [0.2, 0.25) is 0 Å². The maximum atomic E-state index is 11.8. The number of para-hydroxylation sites is 2. The second-order valence-corrected chi connectivity index (χ2v) is 6.62. The Morgan fingerprint density at radius 1 is 1.00 bits per heavy atom. The van der Waals surface area contributed by atoms with Crippen molar-refractivity contribution in [2.24, 2.45) is 0 Å². The summed E-state index contributed by atoms with van der Waals surface area (Å²) < 4.78 is 28.4. The lowest BCUT2D eigenvalue weighted by molar-refractivity contribution is 0.427. The van der Waals surface area contributed by atoms with E-state index < -0.39 is 10.1 Å². The molecule has 114 valence electrons. The highest BCUT2D eigenvalue weighted by Gasteiger charge is 2.14. The van der Waals surface area contributed by atoms with Crippen LogP contribution in [0.1, 0.15) is 51.9 Å². The average molecular weight is 300 g/mol. The van der Waals surface area contributed by atoms with Crippen molar-refractivity contribution < 1.29 is 17.7 Å². The summed E-state index contributed by atoms with van der Waals surface area (Å²) in [5.74, 6) is -0.166. The van der Waals surface area contributed by atoms with Gasteiger partial charge < -0.3 is 9.29 Å². The zero-order valence-electron chi connectivity index (χ0n) is 12.0. The fraction of sp³-hybridized carbons (Fsp3) is 0.600. The van der Waals surface area contributed by atoms with E-state index in [1.54, 1.807) is 12.1 Å². The number of phenolic OH excluding ortho intramolecular Hbond substituents is 1. The van der Waals surface area contributed by atoms with Crippen LogP contribution >= 0.6 is 0 Å². The SMILES string of the molecule is CCCCCCCCCS(=O)(=O)Oc1ccccc1O. The second kappa shape index (κ2) is 8.84. The molecule has 0 amide bonds. The molecule has 0 fully saturated rings. The summed E-state index contributed by atoms with van der Waals surface area (Å²) in [6.45, 7) is 2.17. The Labute approximate surface area is 121 Å². The lowest BCUT2D eigenvalue weighted by Gasteiger charge is -2.08. The molecule has 0 radical (unpaired) electrons. The van der Waals surface area contributed by atoms with Gasteiger partial charge in [-0.15, -0.1) is 0 Å². The van der Waals surface area contributed by atoms with Gasteiger partial charge in [0.15, 0.2) is 11.5 Å². The Bertz CT molecular complexity index is 482. The van der Waals surface area contributed by atoms with Crippen LogP contribution in [0.25, 0.3) is 0 Å². The molecule has 0 bridgehead atoms.